The summed E-state index contributed by atoms with van der Waals surface area (Å²) >= 11 is 0. The van der Waals surface area contributed by atoms with E-state index >= 15 is 0 Å². The molecular formula is C17H28N2O. The molecule has 2 saturated carbocycles. The van der Waals surface area contributed by atoms with Crippen molar-refractivity contribution in [3.8, 4) is 0 Å². The SMILES string of the molecule is CCO[C@@H]1C2CN(C3CCCC4(CCC4)C3)C1(C)C=N2. The fourth-order valence-corrected chi connectivity index (χ4v) is 5.38. The van der Waals surface area contributed by atoms with Crippen molar-refractivity contribution in [2.24, 2.45) is 10.4 Å². The zero-order valence-corrected chi connectivity index (χ0v) is 13.0. The van der Waals surface area contributed by atoms with Crippen LogP contribution in [-0.2, 0) is 4.74 Å². The van der Waals surface area contributed by atoms with Crippen molar-refractivity contribution >= 4 is 6.21 Å². The van der Waals surface area contributed by atoms with Gasteiger partial charge in [-0.15, -0.1) is 0 Å². The van der Waals surface area contributed by atoms with Crippen LogP contribution < -0.4 is 0 Å². The largest absolute Gasteiger partial charge is 0.374 e. The van der Waals surface area contributed by atoms with Crippen LogP contribution in [-0.4, -0.2) is 48.0 Å². The molecule has 1 saturated heterocycles. The Labute approximate surface area is 122 Å². The molecule has 0 radical (unpaired) electrons. The third-order valence-corrected chi connectivity index (χ3v) is 6.57. The molecule has 2 aliphatic carbocycles. The molecule has 4 rings (SSSR count). The first-order valence-electron chi connectivity index (χ1n) is 8.60. The Morgan fingerprint density at radius 1 is 1.30 bits per heavy atom. The van der Waals surface area contributed by atoms with Crippen LogP contribution in [0.25, 0.3) is 0 Å². The van der Waals surface area contributed by atoms with Gasteiger partial charge in [-0.25, -0.2) is 0 Å². The first-order chi connectivity index (χ1) is 9.67. The normalized spacial score (nSPS) is 46.0. The van der Waals surface area contributed by atoms with Crippen LogP contribution in [0.2, 0.25) is 0 Å². The quantitative estimate of drug-likeness (QED) is 0.791. The number of nitrogens with zero attached hydrogens (tertiary/aromatic N) is 2. The molecule has 20 heavy (non-hydrogen) atoms. The number of likely N-dealkylation sites (tertiary alicyclic amines) is 1. The summed E-state index contributed by atoms with van der Waals surface area (Å²) in [7, 11) is 0. The Morgan fingerprint density at radius 3 is 2.80 bits per heavy atom. The summed E-state index contributed by atoms with van der Waals surface area (Å²) < 4.78 is 6.04. The van der Waals surface area contributed by atoms with Gasteiger partial charge < -0.3 is 4.74 Å². The van der Waals surface area contributed by atoms with E-state index in [0.29, 0.717) is 12.1 Å². The van der Waals surface area contributed by atoms with E-state index in [1.807, 2.05) is 0 Å². The van der Waals surface area contributed by atoms with Crippen LogP contribution in [0.15, 0.2) is 4.99 Å². The highest BCUT2D eigenvalue weighted by molar-refractivity contribution is 5.76. The molecule has 3 heteroatoms. The second kappa shape index (κ2) is 4.54. The third kappa shape index (κ3) is 1.75. The summed E-state index contributed by atoms with van der Waals surface area (Å²) in [5.41, 5.74) is 0.785. The molecule has 3 fully saturated rings. The minimum atomic E-state index is 0.0631. The second-order valence-electron chi connectivity index (χ2n) is 7.70. The third-order valence-electron chi connectivity index (χ3n) is 6.57. The highest BCUT2D eigenvalue weighted by atomic mass is 16.5. The summed E-state index contributed by atoms with van der Waals surface area (Å²) in [6.07, 6.45) is 12.7. The Morgan fingerprint density at radius 2 is 2.10 bits per heavy atom. The van der Waals surface area contributed by atoms with Crippen molar-refractivity contribution in [1.82, 2.24) is 4.90 Å². The fourth-order valence-electron chi connectivity index (χ4n) is 5.38. The maximum atomic E-state index is 6.04. The van der Waals surface area contributed by atoms with Gasteiger partial charge in [0.05, 0.1) is 11.6 Å². The molecule has 0 aromatic carbocycles. The first kappa shape index (κ1) is 13.3. The van der Waals surface area contributed by atoms with Crippen molar-refractivity contribution in [2.45, 2.75) is 82.5 Å². The molecule has 1 spiro atoms. The van der Waals surface area contributed by atoms with Crippen LogP contribution in [0.4, 0.5) is 0 Å². The molecule has 2 bridgehead atoms. The number of hydrogen-bond acceptors (Lipinski definition) is 3. The van der Waals surface area contributed by atoms with E-state index in [1.165, 1.54) is 44.9 Å². The van der Waals surface area contributed by atoms with Crippen molar-refractivity contribution < 1.29 is 4.74 Å². The summed E-state index contributed by atoms with van der Waals surface area (Å²) in [5.74, 6) is 0. The molecule has 0 aromatic rings. The molecule has 3 nitrogen and oxygen atoms in total. The number of fused-ring (bicyclic) bond motifs is 2. The Balaban J connectivity index is 1.53. The minimum Gasteiger partial charge on any atom is -0.374 e. The molecule has 0 aromatic heterocycles. The molecule has 4 aliphatic rings. The van der Waals surface area contributed by atoms with E-state index in [-0.39, 0.29) is 5.54 Å². The standard InChI is InChI=1S/C17H28N2O/c1-3-20-15-14-11-19(16(15,2)12-18-14)13-6-4-7-17(10-13)8-5-9-17/h12-15H,3-11H2,1-2H3/t13?,14?,15-,16?/m1/s1. The van der Waals surface area contributed by atoms with Crippen molar-refractivity contribution in [3.05, 3.63) is 0 Å². The highest BCUT2D eigenvalue weighted by Gasteiger charge is 2.57. The average Bonchev–Trinajstić information content (AvgIpc) is 2.87. The van der Waals surface area contributed by atoms with Crippen molar-refractivity contribution in [3.63, 3.8) is 0 Å². The molecule has 4 atom stereocenters. The summed E-state index contributed by atoms with van der Waals surface area (Å²) in [5, 5.41) is 0. The van der Waals surface area contributed by atoms with Crippen molar-refractivity contribution in [1.29, 1.82) is 0 Å². The lowest BCUT2D eigenvalue weighted by Crippen LogP contribution is -2.56. The molecule has 0 amide bonds. The predicted octanol–water partition coefficient (Wildman–Crippen LogP) is 3.03. The van der Waals surface area contributed by atoms with Gasteiger partial charge in [0.2, 0.25) is 0 Å². The maximum Gasteiger partial charge on any atom is 0.104 e. The van der Waals surface area contributed by atoms with Crippen molar-refractivity contribution in [2.75, 3.05) is 13.2 Å². The number of hydrogen-bond donors (Lipinski definition) is 0. The van der Waals surface area contributed by atoms with Gasteiger partial charge in [-0.2, -0.15) is 0 Å². The zero-order chi connectivity index (χ0) is 13.8. The fraction of sp³-hybridized carbons (Fsp3) is 0.941. The van der Waals surface area contributed by atoms with Gasteiger partial charge in [0.15, 0.2) is 0 Å². The molecule has 0 N–H and O–H groups in total. The predicted molar refractivity (Wildman–Crippen MR) is 81.3 cm³/mol. The minimum absolute atomic E-state index is 0.0631. The van der Waals surface area contributed by atoms with E-state index in [9.17, 15) is 0 Å². The number of ether oxygens (including phenoxy) is 1. The van der Waals surface area contributed by atoms with Gasteiger partial charge in [-0.05, 0) is 51.4 Å². The van der Waals surface area contributed by atoms with E-state index in [4.69, 9.17) is 9.73 Å². The maximum absolute atomic E-state index is 6.04. The van der Waals surface area contributed by atoms with Gasteiger partial charge in [0.25, 0.3) is 0 Å². The van der Waals surface area contributed by atoms with Gasteiger partial charge in [-0.1, -0.05) is 12.8 Å². The van der Waals surface area contributed by atoms with Crippen LogP contribution in [0.5, 0.6) is 0 Å². The van der Waals surface area contributed by atoms with E-state index in [2.05, 4.69) is 25.0 Å². The average molecular weight is 276 g/mol. The van der Waals surface area contributed by atoms with Crippen LogP contribution >= 0.6 is 0 Å². The van der Waals surface area contributed by atoms with E-state index in [1.54, 1.807) is 0 Å². The molecule has 2 aliphatic heterocycles. The van der Waals surface area contributed by atoms with E-state index < -0.39 is 0 Å². The monoisotopic (exact) mass is 276 g/mol. The van der Waals surface area contributed by atoms with E-state index in [0.717, 1.165) is 24.6 Å². The summed E-state index contributed by atoms with van der Waals surface area (Å²) in [6, 6.07) is 1.16. The Kier molecular flexibility index (Phi) is 3.01. The topological polar surface area (TPSA) is 24.8 Å². The number of rotatable bonds is 3. The Hall–Kier alpha value is -0.410. The smallest absolute Gasteiger partial charge is 0.104 e. The molecule has 2 heterocycles. The van der Waals surface area contributed by atoms with Gasteiger partial charge in [0.1, 0.15) is 6.10 Å². The number of aliphatic imine (C=N–C) groups is 1. The molecule has 112 valence electrons. The van der Waals surface area contributed by atoms with Crippen LogP contribution in [0.3, 0.4) is 0 Å². The van der Waals surface area contributed by atoms with Crippen LogP contribution in [0.1, 0.15) is 58.8 Å². The van der Waals surface area contributed by atoms with Gasteiger partial charge >= 0.3 is 0 Å². The van der Waals surface area contributed by atoms with Gasteiger partial charge in [0, 0.05) is 25.4 Å². The second-order valence-corrected chi connectivity index (χ2v) is 7.70. The lowest BCUT2D eigenvalue weighted by atomic mass is 9.59. The molecule has 3 unspecified atom stereocenters. The summed E-state index contributed by atoms with van der Waals surface area (Å²) in [6.45, 7) is 6.39. The Bertz CT molecular complexity index is 417. The zero-order valence-electron chi connectivity index (χ0n) is 13.0. The first-order valence-corrected chi connectivity index (χ1v) is 8.60. The van der Waals surface area contributed by atoms with Gasteiger partial charge in [-0.3, -0.25) is 9.89 Å². The summed E-state index contributed by atoms with van der Waals surface area (Å²) in [4.78, 5) is 7.45. The highest BCUT2D eigenvalue weighted by Crippen LogP contribution is 2.54. The lowest BCUT2D eigenvalue weighted by Gasteiger charge is -2.52. The lowest BCUT2D eigenvalue weighted by molar-refractivity contribution is -0.0237. The molecular weight excluding hydrogens is 248 g/mol. The van der Waals surface area contributed by atoms with Crippen LogP contribution in [0, 0.1) is 5.41 Å².